The first-order valence-corrected chi connectivity index (χ1v) is 9.00. The van der Waals surface area contributed by atoms with Crippen molar-refractivity contribution in [1.82, 2.24) is 9.80 Å². The average Bonchev–Trinajstić information content (AvgIpc) is 3.13. The summed E-state index contributed by atoms with van der Waals surface area (Å²) in [5.74, 6) is -1.33. The highest BCUT2D eigenvalue weighted by Gasteiger charge is 2.76. The lowest BCUT2D eigenvalue weighted by Crippen LogP contribution is -2.56. The minimum Gasteiger partial charge on any atom is -0.449 e. The lowest BCUT2D eigenvalue weighted by atomic mass is 9.82. The Bertz CT molecular complexity index is 832. The van der Waals surface area contributed by atoms with E-state index in [2.05, 4.69) is 18.7 Å². The van der Waals surface area contributed by atoms with E-state index in [1.165, 1.54) is 0 Å². The summed E-state index contributed by atoms with van der Waals surface area (Å²) >= 11 is 0. The summed E-state index contributed by atoms with van der Waals surface area (Å²) in [6.07, 6.45) is -0.942. The molecule has 3 heterocycles. The zero-order valence-corrected chi connectivity index (χ0v) is 15.8. The number of nitrogens with two attached hydrogens (primary N) is 2. The van der Waals surface area contributed by atoms with Crippen LogP contribution in [0.2, 0.25) is 0 Å². The lowest BCUT2D eigenvalue weighted by molar-refractivity contribution is -0.146. The maximum atomic E-state index is 13.0. The summed E-state index contributed by atoms with van der Waals surface area (Å²) in [4.78, 5) is 41.4. The van der Waals surface area contributed by atoms with E-state index in [0.717, 1.165) is 0 Å². The minimum absolute atomic E-state index is 0.0169. The van der Waals surface area contributed by atoms with Gasteiger partial charge in [0.05, 0.1) is 23.4 Å². The Kier molecular flexibility index (Phi) is 3.70. The second-order valence-electron chi connectivity index (χ2n) is 7.76. The van der Waals surface area contributed by atoms with Crippen molar-refractivity contribution in [2.75, 3.05) is 20.3 Å². The zero-order chi connectivity index (χ0) is 19.8. The summed E-state index contributed by atoms with van der Waals surface area (Å²) < 4.78 is 11.1. The number of nitrogens with zero attached hydrogens (tertiary/aromatic N) is 2. The molecule has 0 bridgehead atoms. The Morgan fingerprint density at radius 3 is 2.56 bits per heavy atom. The molecule has 146 valence electrons. The second-order valence-corrected chi connectivity index (χ2v) is 7.76. The van der Waals surface area contributed by atoms with Gasteiger partial charge in [0.15, 0.2) is 5.72 Å². The maximum Gasteiger partial charge on any atom is 0.404 e. The van der Waals surface area contributed by atoms with Gasteiger partial charge in [0.1, 0.15) is 6.61 Å². The van der Waals surface area contributed by atoms with E-state index in [1.54, 1.807) is 14.0 Å². The summed E-state index contributed by atoms with van der Waals surface area (Å²) in [5.41, 5.74) is 10.9. The van der Waals surface area contributed by atoms with Crippen LogP contribution in [0.15, 0.2) is 22.5 Å². The third-order valence-corrected chi connectivity index (χ3v) is 6.33. The van der Waals surface area contributed by atoms with Crippen LogP contribution in [0, 0.1) is 5.92 Å². The highest BCUT2D eigenvalue weighted by Crippen LogP contribution is 2.60. The van der Waals surface area contributed by atoms with Gasteiger partial charge in [0, 0.05) is 36.9 Å². The van der Waals surface area contributed by atoms with Crippen LogP contribution < -0.4 is 11.5 Å². The van der Waals surface area contributed by atoms with Crippen molar-refractivity contribution in [2.24, 2.45) is 17.4 Å². The van der Waals surface area contributed by atoms with Gasteiger partial charge in [-0.25, -0.2) is 4.79 Å². The number of piperazine rings is 1. The number of ketones is 2. The van der Waals surface area contributed by atoms with Gasteiger partial charge in [-0.2, -0.15) is 0 Å². The number of carbonyl (C=O) groups excluding carboxylic acids is 3. The summed E-state index contributed by atoms with van der Waals surface area (Å²) in [6.45, 7) is 6.14. The molecule has 4 N–H and O–H groups in total. The predicted molar refractivity (Wildman–Crippen MR) is 93.9 cm³/mol. The number of rotatable bonds is 4. The molecule has 1 amide bonds. The smallest absolute Gasteiger partial charge is 0.404 e. The third kappa shape index (κ3) is 2.03. The molecule has 5 atom stereocenters. The number of allylic oxidation sites excluding steroid dienone is 2. The molecule has 0 saturated carbocycles. The standard InChI is InChI=1S/C18H24N4O5/c1-7(2)22-10-5-21-13-11(15(24)12(19)8(3)14(13)23)9(6-27-17(20)25)18(21,26-4)16(10)22/h7,9-10,16H,5-6,19H2,1-4H3,(H2,20,25)/t9-,10+,16+,18-,22?/m1/s1. The molecular weight excluding hydrogens is 352 g/mol. The summed E-state index contributed by atoms with van der Waals surface area (Å²) in [5, 5.41) is 0. The van der Waals surface area contributed by atoms with Gasteiger partial charge in [-0.1, -0.05) is 0 Å². The Morgan fingerprint density at radius 2 is 2.00 bits per heavy atom. The van der Waals surface area contributed by atoms with Crippen LogP contribution in [0.5, 0.6) is 0 Å². The molecule has 1 unspecified atom stereocenters. The Morgan fingerprint density at radius 1 is 1.33 bits per heavy atom. The van der Waals surface area contributed by atoms with Crippen molar-refractivity contribution < 1.29 is 23.9 Å². The van der Waals surface area contributed by atoms with Crippen molar-refractivity contribution >= 4 is 17.7 Å². The topological polar surface area (TPSA) is 128 Å². The van der Waals surface area contributed by atoms with Crippen molar-refractivity contribution in [3.8, 4) is 0 Å². The number of Topliss-reactive ketones (excluding diaryl/α,β-unsaturated/α-hetero) is 2. The molecule has 2 saturated heterocycles. The van der Waals surface area contributed by atoms with Crippen LogP contribution in [0.25, 0.3) is 0 Å². The van der Waals surface area contributed by atoms with Gasteiger partial charge < -0.3 is 25.8 Å². The minimum atomic E-state index is -0.967. The molecule has 0 aromatic carbocycles. The molecule has 0 aromatic heterocycles. The van der Waals surface area contributed by atoms with E-state index in [1.807, 2.05) is 4.90 Å². The van der Waals surface area contributed by atoms with Gasteiger partial charge in [0.25, 0.3) is 0 Å². The van der Waals surface area contributed by atoms with Gasteiger partial charge in [-0.05, 0) is 20.8 Å². The molecular formula is C18H24N4O5. The lowest BCUT2D eigenvalue weighted by Gasteiger charge is -2.41. The van der Waals surface area contributed by atoms with Crippen LogP contribution in [0.1, 0.15) is 20.8 Å². The van der Waals surface area contributed by atoms with E-state index in [0.29, 0.717) is 12.2 Å². The quantitative estimate of drug-likeness (QED) is 0.495. The molecule has 0 radical (unpaired) electrons. The monoisotopic (exact) mass is 376 g/mol. The molecule has 27 heavy (non-hydrogen) atoms. The zero-order valence-electron chi connectivity index (χ0n) is 15.8. The first-order chi connectivity index (χ1) is 12.7. The largest absolute Gasteiger partial charge is 0.449 e. The van der Waals surface area contributed by atoms with Crippen LogP contribution >= 0.6 is 0 Å². The number of carbonyl (C=O) groups is 3. The molecule has 0 spiro atoms. The van der Waals surface area contributed by atoms with Crippen LogP contribution in [-0.2, 0) is 19.1 Å². The van der Waals surface area contributed by atoms with E-state index >= 15 is 0 Å². The van der Waals surface area contributed by atoms with Gasteiger partial charge in [-0.3, -0.25) is 14.5 Å². The number of primary amides is 1. The van der Waals surface area contributed by atoms with Gasteiger partial charge in [-0.15, -0.1) is 0 Å². The number of ether oxygens (including phenoxy) is 2. The molecule has 2 fully saturated rings. The van der Waals surface area contributed by atoms with Crippen molar-refractivity contribution in [3.05, 3.63) is 22.5 Å². The second kappa shape index (κ2) is 5.56. The highest BCUT2D eigenvalue weighted by molar-refractivity contribution is 6.25. The fourth-order valence-corrected chi connectivity index (χ4v) is 5.22. The molecule has 4 aliphatic rings. The number of hydrogen-bond donors (Lipinski definition) is 2. The summed E-state index contributed by atoms with van der Waals surface area (Å²) in [6, 6.07) is 0.471. The summed E-state index contributed by atoms with van der Waals surface area (Å²) in [7, 11) is 1.56. The van der Waals surface area contributed by atoms with E-state index in [9.17, 15) is 14.4 Å². The average molecular weight is 376 g/mol. The fraction of sp³-hybridized carbons (Fsp3) is 0.611. The maximum absolute atomic E-state index is 13.0. The van der Waals surface area contributed by atoms with Gasteiger partial charge >= 0.3 is 6.09 Å². The number of fused-ring (bicyclic) bond motifs is 4. The van der Waals surface area contributed by atoms with Crippen molar-refractivity contribution in [1.29, 1.82) is 0 Å². The Hall–Kier alpha value is -2.39. The molecule has 9 heteroatoms. The first kappa shape index (κ1) is 18.0. The number of methoxy groups -OCH3 is 1. The normalized spacial score (nSPS) is 37.0. The SMILES string of the molecule is CO[C@@]12[C@H](COC(N)=O)C3=C(C(=O)C(C)=C(N)C3=O)N1C[C@H]1[C@@H]2N1C(C)C. The van der Waals surface area contributed by atoms with Crippen molar-refractivity contribution in [3.63, 3.8) is 0 Å². The van der Waals surface area contributed by atoms with E-state index < -0.39 is 23.5 Å². The Labute approximate surface area is 156 Å². The molecule has 4 rings (SSSR count). The van der Waals surface area contributed by atoms with Crippen LogP contribution in [0.3, 0.4) is 0 Å². The molecule has 3 aliphatic heterocycles. The molecule has 0 aromatic rings. The van der Waals surface area contributed by atoms with Crippen LogP contribution in [0.4, 0.5) is 4.79 Å². The number of hydrogen-bond acceptors (Lipinski definition) is 8. The number of amides is 1. The molecule has 1 aliphatic carbocycles. The van der Waals surface area contributed by atoms with E-state index in [-0.39, 0.29) is 47.4 Å². The third-order valence-electron chi connectivity index (χ3n) is 6.33. The van der Waals surface area contributed by atoms with Gasteiger partial charge in [0.2, 0.25) is 11.6 Å². The van der Waals surface area contributed by atoms with Crippen molar-refractivity contribution in [2.45, 2.75) is 44.6 Å². The van der Waals surface area contributed by atoms with E-state index in [4.69, 9.17) is 20.9 Å². The highest BCUT2D eigenvalue weighted by atomic mass is 16.6. The fourth-order valence-electron chi connectivity index (χ4n) is 5.22. The molecule has 9 nitrogen and oxygen atoms in total. The first-order valence-electron chi connectivity index (χ1n) is 9.00. The van der Waals surface area contributed by atoms with Crippen LogP contribution in [-0.4, -0.2) is 71.6 Å². The Balaban J connectivity index is 1.83. The predicted octanol–water partition coefficient (Wildman–Crippen LogP) is -0.530.